The summed E-state index contributed by atoms with van der Waals surface area (Å²) in [4.78, 5) is 0. The highest BCUT2D eigenvalue weighted by molar-refractivity contribution is 5.44. The molecule has 0 radical (unpaired) electrons. The number of methoxy groups -OCH3 is 1. The molecule has 3 rings (SSSR count). The summed E-state index contributed by atoms with van der Waals surface area (Å²) in [5.74, 6) is 2.60. The fourth-order valence-electron chi connectivity index (χ4n) is 3.89. The lowest BCUT2D eigenvalue weighted by molar-refractivity contribution is -0.0176. The van der Waals surface area contributed by atoms with Gasteiger partial charge in [-0.3, -0.25) is 0 Å². The molecule has 3 nitrogen and oxygen atoms in total. The molecule has 1 aromatic carbocycles. The topological polar surface area (TPSA) is 44.5 Å². The molecule has 1 aliphatic carbocycles. The normalized spacial score (nSPS) is 32.5. The highest BCUT2D eigenvalue weighted by Gasteiger charge is 2.43. The van der Waals surface area contributed by atoms with E-state index in [0.29, 0.717) is 0 Å². The van der Waals surface area contributed by atoms with E-state index in [9.17, 15) is 0 Å². The monoisotopic (exact) mass is 275 g/mol. The molecule has 1 aromatic rings. The molecule has 1 saturated carbocycles. The van der Waals surface area contributed by atoms with Crippen molar-refractivity contribution in [2.45, 2.75) is 57.1 Å². The van der Waals surface area contributed by atoms with Crippen LogP contribution in [0.2, 0.25) is 0 Å². The van der Waals surface area contributed by atoms with Crippen LogP contribution in [0.1, 0.15) is 57.1 Å². The van der Waals surface area contributed by atoms with Gasteiger partial charge >= 0.3 is 0 Å². The Hall–Kier alpha value is -1.22. The fourth-order valence-corrected chi connectivity index (χ4v) is 3.89. The van der Waals surface area contributed by atoms with Crippen LogP contribution in [0.5, 0.6) is 11.5 Å². The van der Waals surface area contributed by atoms with Crippen molar-refractivity contribution in [2.24, 2.45) is 11.7 Å². The summed E-state index contributed by atoms with van der Waals surface area (Å²) in [6.45, 7) is 2.28. The van der Waals surface area contributed by atoms with Crippen LogP contribution >= 0.6 is 0 Å². The summed E-state index contributed by atoms with van der Waals surface area (Å²) >= 11 is 0. The lowest BCUT2D eigenvalue weighted by Gasteiger charge is -2.46. The molecular formula is C17H25NO2. The molecule has 1 aliphatic heterocycles. The van der Waals surface area contributed by atoms with Gasteiger partial charge in [-0.2, -0.15) is 0 Å². The van der Waals surface area contributed by atoms with Gasteiger partial charge in [-0.25, -0.2) is 0 Å². The minimum Gasteiger partial charge on any atom is -0.497 e. The SMILES string of the molecule is CCC1CCCC2(C1)C[C@H](N)c1cc(OC)ccc1O2. The van der Waals surface area contributed by atoms with Crippen molar-refractivity contribution < 1.29 is 9.47 Å². The number of fused-ring (bicyclic) bond motifs is 1. The Morgan fingerprint density at radius 1 is 1.40 bits per heavy atom. The maximum atomic E-state index is 6.43. The van der Waals surface area contributed by atoms with Gasteiger partial charge in [-0.05, 0) is 43.4 Å². The van der Waals surface area contributed by atoms with E-state index < -0.39 is 0 Å². The van der Waals surface area contributed by atoms with Gasteiger partial charge in [0.2, 0.25) is 0 Å². The molecule has 20 heavy (non-hydrogen) atoms. The summed E-state index contributed by atoms with van der Waals surface area (Å²) in [5, 5.41) is 0. The predicted octanol–water partition coefficient (Wildman–Crippen LogP) is 3.82. The lowest BCUT2D eigenvalue weighted by Crippen LogP contribution is -2.46. The van der Waals surface area contributed by atoms with E-state index in [-0.39, 0.29) is 11.6 Å². The van der Waals surface area contributed by atoms with Gasteiger partial charge in [0.15, 0.2) is 0 Å². The van der Waals surface area contributed by atoms with E-state index >= 15 is 0 Å². The second kappa shape index (κ2) is 5.28. The third-order valence-electron chi connectivity index (χ3n) is 5.02. The van der Waals surface area contributed by atoms with Gasteiger partial charge in [0, 0.05) is 18.0 Å². The van der Waals surface area contributed by atoms with Crippen LogP contribution in [0, 0.1) is 5.92 Å². The minimum atomic E-state index is -0.0278. The van der Waals surface area contributed by atoms with Gasteiger partial charge in [0.25, 0.3) is 0 Å². The smallest absolute Gasteiger partial charge is 0.125 e. The molecule has 0 saturated heterocycles. The third-order valence-corrected chi connectivity index (χ3v) is 5.02. The molecule has 1 fully saturated rings. The van der Waals surface area contributed by atoms with Crippen molar-refractivity contribution in [3.63, 3.8) is 0 Å². The molecule has 3 atom stereocenters. The molecule has 0 amide bonds. The number of ether oxygens (including phenoxy) is 2. The van der Waals surface area contributed by atoms with Crippen LogP contribution in [0.3, 0.4) is 0 Å². The first-order valence-electron chi connectivity index (χ1n) is 7.78. The average molecular weight is 275 g/mol. The van der Waals surface area contributed by atoms with Crippen molar-refractivity contribution in [1.82, 2.24) is 0 Å². The molecule has 0 bridgehead atoms. The van der Waals surface area contributed by atoms with Crippen molar-refractivity contribution in [3.05, 3.63) is 23.8 Å². The number of hydrogen-bond acceptors (Lipinski definition) is 3. The Morgan fingerprint density at radius 3 is 3.00 bits per heavy atom. The lowest BCUT2D eigenvalue weighted by atomic mass is 9.72. The molecule has 1 heterocycles. The molecular weight excluding hydrogens is 250 g/mol. The summed E-state index contributed by atoms with van der Waals surface area (Å²) in [5.41, 5.74) is 7.49. The Bertz CT molecular complexity index is 488. The zero-order valence-corrected chi connectivity index (χ0v) is 12.5. The summed E-state index contributed by atoms with van der Waals surface area (Å²) in [6, 6.07) is 6.06. The van der Waals surface area contributed by atoms with Gasteiger partial charge in [0.05, 0.1) is 7.11 Å². The number of rotatable bonds is 2. The predicted molar refractivity (Wildman–Crippen MR) is 80.1 cm³/mol. The molecule has 0 aromatic heterocycles. The Balaban J connectivity index is 1.88. The Morgan fingerprint density at radius 2 is 2.25 bits per heavy atom. The van der Waals surface area contributed by atoms with Crippen molar-refractivity contribution in [2.75, 3.05) is 7.11 Å². The van der Waals surface area contributed by atoms with E-state index in [1.54, 1.807) is 7.11 Å². The van der Waals surface area contributed by atoms with Crippen LogP contribution in [0.15, 0.2) is 18.2 Å². The van der Waals surface area contributed by atoms with Gasteiger partial charge in [-0.15, -0.1) is 0 Å². The molecule has 1 spiro atoms. The van der Waals surface area contributed by atoms with E-state index in [2.05, 4.69) is 6.92 Å². The van der Waals surface area contributed by atoms with E-state index in [4.69, 9.17) is 15.2 Å². The molecule has 2 aliphatic rings. The van der Waals surface area contributed by atoms with Gasteiger partial charge in [0.1, 0.15) is 17.1 Å². The number of hydrogen-bond donors (Lipinski definition) is 1. The van der Waals surface area contributed by atoms with Gasteiger partial charge < -0.3 is 15.2 Å². The molecule has 110 valence electrons. The molecule has 2 unspecified atom stereocenters. The largest absolute Gasteiger partial charge is 0.497 e. The fraction of sp³-hybridized carbons (Fsp3) is 0.647. The van der Waals surface area contributed by atoms with E-state index in [0.717, 1.165) is 42.2 Å². The highest BCUT2D eigenvalue weighted by atomic mass is 16.5. The second-order valence-electron chi connectivity index (χ2n) is 6.37. The van der Waals surface area contributed by atoms with Crippen molar-refractivity contribution in [3.8, 4) is 11.5 Å². The minimum absolute atomic E-state index is 0.0278. The summed E-state index contributed by atoms with van der Waals surface area (Å²) in [6.07, 6.45) is 7.08. The van der Waals surface area contributed by atoms with E-state index in [1.807, 2.05) is 18.2 Å². The van der Waals surface area contributed by atoms with E-state index in [1.165, 1.54) is 19.3 Å². The standard InChI is InChI=1S/C17H25NO2/c1-3-12-5-4-8-17(10-12)11-15(18)14-9-13(19-2)6-7-16(14)20-17/h6-7,9,12,15H,3-5,8,10-11,18H2,1-2H3/t12?,15-,17?/m0/s1. The maximum absolute atomic E-state index is 6.43. The maximum Gasteiger partial charge on any atom is 0.125 e. The van der Waals surface area contributed by atoms with Crippen LogP contribution in [-0.2, 0) is 0 Å². The number of nitrogens with two attached hydrogens (primary N) is 1. The van der Waals surface area contributed by atoms with Crippen LogP contribution < -0.4 is 15.2 Å². The van der Waals surface area contributed by atoms with Crippen molar-refractivity contribution >= 4 is 0 Å². The zero-order valence-electron chi connectivity index (χ0n) is 12.5. The first-order chi connectivity index (χ1) is 9.65. The first kappa shape index (κ1) is 13.7. The van der Waals surface area contributed by atoms with Crippen molar-refractivity contribution in [1.29, 1.82) is 0 Å². The second-order valence-corrected chi connectivity index (χ2v) is 6.37. The first-order valence-corrected chi connectivity index (χ1v) is 7.78. The molecule has 3 heteroatoms. The van der Waals surface area contributed by atoms with Crippen LogP contribution in [0.25, 0.3) is 0 Å². The Labute approximate surface area is 121 Å². The van der Waals surface area contributed by atoms with Crippen LogP contribution in [0.4, 0.5) is 0 Å². The Kier molecular flexibility index (Phi) is 3.63. The molecule has 2 N–H and O–H groups in total. The zero-order chi connectivity index (χ0) is 14.2. The van der Waals surface area contributed by atoms with Gasteiger partial charge in [-0.1, -0.05) is 19.8 Å². The van der Waals surface area contributed by atoms with Crippen LogP contribution in [-0.4, -0.2) is 12.7 Å². The number of benzene rings is 1. The highest BCUT2D eigenvalue weighted by Crippen LogP contribution is 2.47. The third kappa shape index (κ3) is 2.39. The average Bonchev–Trinajstić information content (AvgIpc) is 2.47. The summed E-state index contributed by atoms with van der Waals surface area (Å²) in [7, 11) is 1.69. The summed E-state index contributed by atoms with van der Waals surface area (Å²) < 4.78 is 11.7. The quantitative estimate of drug-likeness (QED) is 0.892.